The van der Waals surface area contributed by atoms with Crippen molar-refractivity contribution in [1.82, 2.24) is 19.4 Å². The van der Waals surface area contributed by atoms with Gasteiger partial charge in [0.15, 0.2) is 0 Å². The maximum atomic E-state index is 13.2. The number of rotatable bonds is 5. The van der Waals surface area contributed by atoms with Crippen molar-refractivity contribution < 1.29 is 19.4 Å². The Bertz CT molecular complexity index is 1190. The van der Waals surface area contributed by atoms with Gasteiger partial charge in [-0.2, -0.15) is 0 Å². The third-order valence-corrected chi connectivity index (χ3v) is 5.83. The number of H-pyrrole nitrogens is 1. The lowest BCUT2D eigenvalue weighted by Crippen LogP contribution is -2.40. The first-order valence-corrected chi connectivity index (χ1v) is 10.7. The third-order valence-electron chi connectivity index (χ3n) is 5.83. The van der Waals surface area contributed by atoms with Crippen molar-refractivity contribution in [1.29, 1.82) is 0 Å². The summed E-state index contributed by atoms with van der Waals surface area (Å²) >= 11 is 0. The quantitative estimate of drug-likeness (QED) is 0.501. The monoisotopic (exact) mass is 455 g/mol. The molecule has 10 heteroatoms. The number of carbonyl (C=O) groups excluding carboxylic acids is 1. The van der Waals surface area contributed by atoms with Gasteiger partial charge in [-0.05, 0) is 49.6 Å². The smallest absolute Gasteiger partial charge is 0.290 e. The molecular formula is C23H29N5O5. The second-order valence-electron chi connectivity index (χ2n) is 7.88. The molecule has 1 aliphatic rings. The zero-order chi connectivity index (χ0) is 24.0. The van der Waals surface area contributed by atoms with Crippen molar-refractivity contribution in [3.05, 3.63) is 57.3 Å². The number of amides is 1. The molecule has 2 aromatic heterocycles. The van der Waals surface area contributed by atoms with Gasteiger partial charge in [0.1, 0.15) is 11.1 Å². The van der Waals surface area contributed by atoms with Crippen LogP contribution in [0, 0.1) is 20.8 Å². The fourth-order valence-electron chi connectivity index (χ4n) is 3.83. The number of imidazole rings is 1. The highest BCUT2D eigenvalue weighted by atomic mass is 16.5. The van der Waals surface area contributed by atoms with Gasteiger partial charge in [-0.1, -0.05) is 0 Å². The van der Waals surface area contributed by atoms with Gasteiger partial charge >= 0.3 is 0 Å². The van der Waals surface area contributed by atoms with Crippen LogP contribution in [0.5, 0.6) is 0 Å². The average Bonchev–Trinajstić information content (AvgIpc) is 3.26. The Kier molecular flexibility index (Phi) is 7.96. The molecule has 3 aromatic rings. The Morgan fingerprint density at radius 2 is 1.94 bits per heavy atom. The number of benzene rings is 1. The number of ether oxygens (including phenoxy) is 1. The summed E-state index contributed by atoms with van der Waals surface area (Å²) in [5, 5.41) is 9.84. The van der Waals surface area contributed by atoms with Crippen molar-refractivity contribution >= 4 is 29.1 Å². The van der Waals surface area contributed by atoms with E-state index in [-0.39, 0.29) is 17.6 Å². The number of pyridine rings is 1. The maximum absolute atomic E-state index is 13.2. The van der Waals surface area contributed by atoms with Gasteiger partial charge in [0.05, 0.1) is 30.7 Å². The molecule has 176 valence electrons. The number of anilines is 1. The van der Waals surface area contributed by atoms with Crippen molar-refractivity contribution in [2.45, 2.75) is 27.3 Å². The Labute approximate surface area is 191 Å². The fraction of sp³-hybridized carbons (Fsp3) is 0.391. The van der Waals surface area contributed by atoms with Crippen LogP contribution in [0.15, 0.2) is 29.5 Å². The summed E-state index contributed by atoms with van der Waals surface area (Å²) in [4.78, 5) is 44.3. The number of nitrogens with one attached hydrogen (secondary N) is 2. The molecule has 3 heterocycles. The van der Waals surface area contributed by atoms with Crippen molar-refractivity contribution in [3.8, 4) is 0 Å². The normalized spacial score (nSPS) is 13.9. The van der Waals surface area contributed by atoms with E-state index in [9.17, 15) is 9.59 Å². The molecule has 1 amide bonds. The van der Waals surface area contributed by atoms with Gasteiger partial charge in [-0.15, -0.1) is 0 Å². The van der Waals surface area contributed by atoms with E-state index >= 15 is 0 Å². The number of carboxylic acid groups (broad SMARTS) is 1. The number of aromatic nitrogens is 3. The van der Waals surface area contributed by atoms with Gasteiger partial charge in [-0.3, -0.25) is 19.3 Å². The van der Waals surface area contributed by atoms with Crippen LogP contribution in [-0.2, 0) is 16.1 Å². The predicted molar refractivity (Wildman–Crippen MR) is 125 cm³/mol. The fourth-order valence-corrected chi connectivity index (χ4v) is 3.83. The molecule has 1 aliphatic heterocycles. The van der Waals surface area contributed by atoms with Crippen molar-refractivity contribution in [2.24, 2.45) is 0 Å². The molecule has 0 unspecified atom stereocenters. The van der Waals surface area contributed by atoms with E-state index in [0.717, 1.165) is 36.3 Å². The minimum Gasteiger partial charge on any atom is -0.483 e. The van der Waals surface area contributed by atoms with Crippen LogP contribution < -0.4 is 10.9 Å². The summed E-state index contributed by atoms with van der Waals surface area (Å²) in [7, 11) is 0. The van der Waals surface area contributed by atoms with Gasteiger partial charge in [-0.25, -0.2) is 4.98 Å². The van der Waals surface area contributed by atoms with E-state index in [2.05, 4.69) is 20.2 Å². The van der Waals surface area contributed by atoms with E-state index in [1.165, 1.54) is 0 Å². The second kappa shape index (κ2) is 10.9. The molecule has 0 bridgehead atoms. The van der Waals surface area contributed by atoms with Gasteiger partial charge < -0.3 is 24.7 Å². The molecule has 0 spiro atoms. The molecule has 3 N–H and O–H groups in total. The van der Waals surface area contributed by atoms with E-state index in [1.807, 2.05) is 26.0 Å². The molecule has 33 heavy (non-hydrogen) atoms. The standard InChI is InChI=1S/C22H27N5O3.CH2O2/c1-14-4-5-27(7-6-26-8-10-30-11-9-26)22(29)18(14)21(28)25-19-16(3)15(2)12-17-20(19)24-13-23-17;2-1-3/h4-5,12-13H,6-11H2,1-3H3,(H,23,24)(H,25,28);1H,(H,2,3). The molecule has 1 saturated heterocycles. The van der Waals surface area contributed by atoms with Gasteiger partial charge in [0.2, 0.25) is 0 Å². The molecule has 1 fully saturated rings. The van der Waals surface area contributed by atoms with Gasteiger partial charge in [0.25, 0.3) is 17.9 Å². The Morgan fingerprint density at radius 3 is 2.64 bits per heavy atom. The first kappa shape index (κ1) is 24.1. The van der Waals surface area contributed by atoms with E-state index in [0.29, 0.717) is 36.5 Å². The van der Waals surface area contributed by atoms with Crippen LogP contribution in [0.4, 0.5) is 5.69 Å². The number of fused-ring (bicyclic) bond motifs is 1. The number of morpholine rings is 1. The summed E-state index contributed by atoms with van der Waals surface area (Å²) in [6, 6.07) is 3.82. The Balaban J connectivity index is 0.000000968. The van der Waals surface area contributed by atoms with Crippen LogP contribution in [0.1, 0.15) is 27.0 Å². The Morgan fingerprint density at radius 1 is 1.24 bits per heavy atom. The minimum absolute atomic E-state index is 0.170. The maximum Gasteiger partial charge on any atom is 0.290 e. The zero-order valence-electron chi connectivity index (χ0n) is 19.1. The first-order valence-electron chi connectivity index (χ1n) is 10.7. The largest absolute Gasteiger partial charge is 0.483 e. The predicted octanol–water partition coefficient (Wildman–Crippen LogP) is 1.94. The van der Waals surface area contributed by atoms with Crippen molar-refractivity contribution in [3.63, 3.8) is 0 Å². The second-order valence-corrected chi connectivity index (χ2v) is 7.88. The number of aryl methyl sites for hydroxylation is 2. The van der Waals surface area contributed by atoms with E-state index in [1.54, 1.807) is 24.0 Å². The lowest BCUT2D eigenvalue weighted by Gasteiger charge is -2.26. The molecule has 0 radical (unpaired) electrons. The first-order chi connectivity index (χ1) is 15.9. The zero-order valence-corrected chi connectivity index (χ0v) is 19.1. The molecular weight excluding hydrogens is 426 g/mol. The van der Waals surface area contributed by atoms with Gasteiger partial charge in [0, 0.05) is 32.4 Å². The third kappa shape index (κ3) is 5.47. The number of nitrogens with zero attached hydrogens (tertiary/aromatic N) is 3. The highest BCUT2D eigenvalue weighted by Gasteiger charge is 2.20. The lowest BCUT2D eigenvalue weighted by molar-refractivity contribution is -0.122. The molecule has 1 aromatic carbocycles. The molecule has 0 saturated carbocycles. The lowest BCUT2D eigenvalue weighted by atomic mass is 10.1. The number of carbonyl (C=O) groups is 2. The van der Waals surface area contributed by atoms with E-state index < -0.39 is 5.91 Å². The molecule has 0 atom stereocenters. The average molecular weight is 456 g/mol. The van der Waals surface area contributed by atoms with E-state index in [4.69, 9.17) is 14.6 Å². The summed E-state index contributed by atoms with van der Waals surface area (Å²) < 4.78 is 6.99. The number of aromatic amines is 1. The topological polar surface area (TPSA) is 130 Å². The summed E-state index contributed by atoms with van der Waals surface area (Å²) in [5.74, 6) is -0.406. The summed E-state index contributed by atoms with van der Waals surface area (Å²) in [6.45, 7) is 9.90. The highest BCUT2D eigenvalue weighted by Crippen LogP contribution is 2.28. The van der Waals surface area contributed by atoms with Crippen LogP contribution >= 0.6 is 0 Å². The highest BCUT2D eigenvalue weighted by molar-refractivity contribution is 6.09. The van der Waals surface area contributed by atoms with Crippen LogP contribution in [-0.4, -0.2) is 69.8 Å². The van der Waals surface area contributed by atoms with Crippen LogP contribution in [0.2, 0.25) is 0 Å². The molecule has 10 nitrogen and oxygen atoms in total. The minimum atomic E-state index is -0.406. The number of hydrogen-bond donors (Lipinski definition) is 3. The Hall–Kier alpha value is -3.50. The van der Waals surface area contributed by atoms with Crippen molar-refractivity contribution in [2.75, 3.05) is 38.2 Å². The number of hydrogen-bond acceptors (Lipinski definition) is 6. The van der Waals surface area contributed by atoms with Crippen LogP contribution in [0.25, 0.3) is 11.0 Å². The molecule has 4 rings (SSSR count). The van der Waals surface area contributed by atoms with Crippen LogP contribution in [0.3, 0.4) is 0 Å². The SMILES string of the molecule is Cc1cc2[nH]cnc2c(NC(=O)c2c(C)ccn(CCN3CCOCC3)c2=O)c1C.O=CO. The molecule has 0 aliphatic carbocycles. The summed E-state index contributed by atoms with van der Waals surface area (Å²) in [6.07, 6.45) is 3.37. The summed E-state index contributed by atoms with van der Waals surface area (Å²) in [5.41, 5.74) is 4.70.